The van der Waals surface area contributed by atoms with Crippen LogP contribution in [0, 0.1) is 5.82 Å². The molecule has 0 fully saturated rings. The zero-order valence-corrected chi connectivity index (χ0v) is 15.7. The van der Waals surface area contributed by atoms with Gasteiger partial charge in [-0.1, -0.05) is 42.1 Å². The maximum Gasteiger partial charge on any atom is 0.277 e. The van der Waals surface area contributed by atoms with E-state index in [0.717, 1.165) is 12.8 Å². The lowest BCUT2D eigenvalue weighted by molar-refractivity contribution is -0.119. The summed E-state index contributed by atoms with van der Waals surface area (Å²) in [7, 11) is 0. The lowest BCUT2D eigenvalue weighted by Gasteiger charge is -2.13. The topological polar surface area (TPSA) is 68.0 Å². The van der Waals surface area contributed by atoms with E-state index in [4.69, 9.17) is 4.42 Å². The number of carbonyl (C=O) groups is 1. The van der Waals surface area contributed by atoms with Crippen molar-refractivity contribution in [2.45, 2.75) is 31.0 Å². The quantitative estimate of drug-likeness (QED) is 0.591. The van der Waals surface area contributed by atoms with E-state index in [0.29, 0.717) is 16.7 Å². The normalized spacial score (nSPS) is 11.9. The average molecular weight is 385 g/mol. The molecule has 0 bridgehead atoms. The summed E-state index contributed by atoms with van der Waals surface area (Å²) in [5.74, 6) is 0.0860. The Balaban J connectivity index is 1.43. The summed E-state index contributed by atoms with van der Waals surface area (Å²) in [5.41, 5.74) is 1.89. The Labute approximate surface area is 161 Å². The highest BCUT2D eigenvalue weighted by Gasteiger charge is 2.13. The van der Waals surface area contributed by atoms with E-state index in [2.05, 4.69) is 27.6 Å². The van der Waals surface area contributed by atoms with Gasteiger partial charge in [-0.15, -0.1) is 10.2 Å². The molecule has 0 radical (unpaired) electrons. The van der Waals surface area contributed by atoms with E-state index in [9.17, 15) is 9.18 Å². The van der Waals surface area contributed by atoms with Crippen LogP contribution in [0.3, 0.4) is 0 Å². The molecule has 0 spiro atoms. The number of hydrogen-bond acceptors (Lipinski definition) is 5. The lowest BCUT2D eigenvalue weighted by Crippen LogP contribution is -2.34. The lowest BCUT2D eigenvalue weighted by atomic mass is 10.1. The molecule has 5 nitrogen and oxygen atoms in total. The van der Waals surface area contributed by atoms with E-state index in [-0.39, 0.29) is 23.5 Å². The van der Waals surface area contributed by atoms with Crippen molar-refractivity contribution in [3.8, 4) is 11.5 Å². The average Bonchev–Trinajstić information content (AvgIpc) is 3.15. The van der Waals surface area contributed by atoms with Crippen LogP contribution >= 0.6 is 11.8 Å². The Hall–Kier alpha value is -2.67. The Morgan fingerprint density at radius 1 is 1.15 bits per heavy atom. The molecule has 0 unspecified atom stereocenters. The van der Waals surface area contributed by atoms with Crippen LogP contribution in [0.4, 0.5) is 4.39 Å². The van der Waals surface area contributed by atoms with Gasteiger partial charge in [0, 0.05) is 11.6 Å². The molecule has 0 saturated carbocycles. The summed E-state index contributed by atoms with van der Waals surface area (Å²) in [6.45, 7) is 1.99. The summed E-state index contributed by atoms with van der Waals surface area (Å²) < 4.78 is 18.5. The smallest absolute Gasteiger partial charge is 0.277 e. The maximum absolute atomic E-state index is 13.0. The van der Waals surface area contributed by atoms with E-state index in [1.807, 2.05) is 25.1 Å². The Kier molecular flexibility index (Phi) is 6.59. The molecule has 3 aromatic rings. The fourth-order valence-corrected chi connectivity index (χ4v) is 3.10. The Bertz CT molecular complexity index is 868. The summed E-state index contributed by atoms with van der Waals surface area (Å²) in [4.78, 5) is 12.1. The van der Waals surface area contributed by atoms with Gasteiger partial charge in [0.25, 0.3) is 5.22 Å². The molecule has 1 N–H and O–H groups in total. The molecule has 2 aromatic carbocycles. The fourth-order valence-electron chi connectivity index (χ4n) is 2.52. The van der Waals surface area contributed by atoms with E-state index in [1.165, 1.54) is 29.5 Å². The van der Waals surface area contributed by atoms with Gasteiger partial charge in [-0.2, -0.15) is 0 Å². The fraction of sp³-hybridized carbons (Fsp3) is 0.250. The van der Waals surface area contributed by atoms with Crippen LogP contribution in [0.25, 0.3) is 11.5 Å². The van der Waals surface area contributed by atoms with E-state index in [1.54, 1.807) is 12.1 Å². The first-order valence-electron chi connectivity index (χ1n) is 8.65. The third kappa shape index (κ3) is 5.92. The van der Waals surface area contributed by atoms with Crippen LogP contribution in [-0.4, -0.2) is 27.9 Å². The molecular weight excluding hydrogens is 365 g/mol. The molecule has 0 saturated heterocycles. The van der Waals surface area contributed by atoms with Crippen LogP contribution in [0.15, 0.2) is 64.2 Å². The van der Waals surface area contributed by atoms with Crippen LogP contribution in [0.2, 0.25) is 0 Å². The minimum Gasteiger partial charge on any atom is -0.411 e. The highest BCUT2D eigenvalue weighted by atomic mass is 32.2. The molecule has 3 rings (SSSR count). The molecule has 27 heavy (non-hydrogen) atoms. The first-order valence-corrected chi connectivity index (χ1v) is 9.64. The molecule has 1 amide bonds. The summed E-state index contributed by atoms with van der Waals surface area (Å²) >= 11 is 1.18. The zero-order valence-electron chi connectivity index (χ0n) is 14.9. The van der Waals surface area contributed by atoms with Gasteiger partial charge in [-0.25, -0.2) is 4.39 Å². The number of hydrogen-bond donors (Lipinski definition) is 1. The molecule has 1 atom stereocenters. The maximum atomic E-state index is 13.0. The number of halogens is 1. The van der Waals surface area contributed by atoms with Crippen molar-refractivity contribution in [3.63, 3.8) is 0 Å². The minimum absolute atomic E-state index is 0.0794. The largest absolute Gasteiger partial charge is 0.411 e. The van der Waals surface area contributed by atoms with Gasteiger partial charge >= 0.3 is 0 Å². The predicted molar refractivity (Wildman–Crippen MR) is 103 cm³/mol. The van der Waals surface area contributed by atoms with Crippen LogP contribution < -0.4 is 5.32 Å². The summed E-state index contributed by atoms with van der Waals surface area (Å²) in [5, 5.41) is 11.1. The van der Waals surface area contributed by atoms with Crippen molar-refractivity contribution in [1.29, 1.82) is 0 Å². The number of benzene rings is 2. The van der Waals surface area contributed by atoms with Gasteiger partial charge in [-0.3, -0.25) is 4.79 Å². The van der Waals surface area contributed by atoms with Gasteiger partial charge in [0.15, 0.2) is 0 Å². The van der Waals surface area contributed by atoms with Crippen molar-refractivity contribution in [2.75, 3.05) is 5.75 Å². The van der Waals surface area contributed by atoms with Gasteiger partial charge in [0.2, 0.25) is 11.8 Å². The molecule has 7 heteroatoms. The first kappa shape index (κ1) is 19.1. The Morgan fingerprint density at radius 2 is 1.89 bits per heavy atom. The van der Waals surface area contributed by atoms with Gasteiger partial charge in [-0.05, 0) is 49.6 Å². The first-order chi connectivity index (χ1) is 13.1. The monoisotopic (exact) mass is 385 g/mol. The zero-order chi connectivity index (χ0) is 19.1. The second-order valence-corrected chi connectivity index (χ2v) is 7.09. The summed E-state index contributed by atoms with van der Waals surface area (Å²) in [6.07, 6.45) is 1.79. The number of carbonyl (C=O) groups excluding carboxylic acids is 1. The van der Waals surface area contributed by atoms with Crippen molar-refractivity contribution >= 4 is 17.7 Å². The summed E-state index contributed by atoms with van der Waals surface area (Å²) in [6, 6.07) is 16.1. The van der Waals surface area contributed by atoms with Gasteiger partial charge in [0.1, 0.15) is 5.82 Å². The number of aromatic nitrogens is 2. The number of thioether (sulfide) groups is 1. The predicted octanol–water partition coefficient (Wildman–Crippen LogP) is 4.11. The van der Waals surface area contributed by atoms with Crippen molar-refractivity contribution in [3.05, 3.63) is 66.0 Å². The minimum atomic E-state index is -0.328. The van der Waals surface area contributed by atoms with Crippen molar-refractivity contribution < 1.29 is 13.6 Å². The van der Waals surface area contributed by atoms with Gasteiger partial charge < -0.3 is 9.73 Å². The van der Waals surface area contributed by atoms with Crippen molar-refractivity contribution in [1.82, 2.24) is 15.5 Å². The number of amides is 1. The third-order valence-electron chi connectivity index (χ3n) is 3.94. The standard InChI is InChI=1S/C20H20FN3O2S/c1-14(7-8-15-5-3-2-4-6-15)22-18(25)13-27-20-24-23-19(26-20)16-9-11-17(21)12-10-16/h2-6,9-12,14H,7-8,13H2,1H3,(H,22,25)/t14-/m1/s1. The third-order valence-corrected chi connectivity index (χ3v) is 4.76. The van der Waals surface area contributed by atoms with Crippen molar-refractivity contribution in [2.24, 2.45) is 0 Å². The van der Waals surface area contributed by atoms with E-state index >= 15 is 0 Å². The number of nitrogens with zero attached hydrogens (tertiary/aromatic N) is 2. The highest BCUT2D eigenvalue weighted by Crippen LogP contribution is 2.23. The molecule has 1 aromatic heterocycles. The SMILES string of the molecule is C[C@H](CCc1ccccc1)NC(=O)CSc1nnc(-c2ccc(F)cc2)o1. The molecule has 140 valence electrons. The highest BCUT2D eigenvalue weighted by molar-refractivity contribution is 7.99. The number of rotatable bonds is 8. The second kappa shape index (κ2) is 9.32. The molecule has 1 heterocycles. The van der Waals surface area contributed by atoms with E-state index < -0.39 is 0 Å². The molecule has 0 aliphatic heterocycles. The van der Waals surface area contributed by atoms with Gasteiger partial charge in [0.05, 0.1) is 5.75 Å². The van der Waals surface area contributed by atoms with Crippen LogP contribution in [0.5, 0.6) is 0 Å². The number of aryl methyl sites for hydroxylation is 1. The van der Waals surface area contributed by atoms with Crippen LogP contribution in [-0.2, 0) is 11.2 Å². The molecule has 0 aliphatic rings. The number of nitrogens with one attached hydrogen (secondary N) is 1. The second-order valence-electron chi connectivity index (χ2n) is 6.16. The Morgan fingerprint density at radius 3 is 2.63 bits per heavy atom. The van der Waals surface area contributed by atoms with Crippen LogP contribution in [0.1, 0.15) is 18.9 Å². The molecule has 0 aliphatic carbocycles. The molecular formula is C20H20FN3O2S.